The Bertz CT molecular complexity index is 999. The quantitative estimate of drug-likeness (QED) is 0.609. The van der Waals surface area contributed by atoms with E-state index in [1.807, 2.05) is 18.5 Å². The molecule has 5 rings (SSSR count). The lowest BCUT2D eigenvalue weighted by Gasteiger charge is -2.32. The van der Waals surface area contributed by atoms with Crippen LogP contribution in [0.1, 0.15) is 35.1 Å². The first-order chi connectivity index (χ1) is 13.3. The normalized spacial score (nSPS) is 15.7. The van der Waals surface area contributed by atoms with Crippen LogP contribution in [0.15, 0.2) is 48.8 Å². The molecule has 4 heteroatoms. The Morgan fingerprint density at radius 3 is 2.67 bits per heavy atom. The summed E-state index contributed by atoms with van der Waals surface area (Å²) in [6.07, 6.45) is 9.09. The van der Waals surface area contributed by atoms with Crippen LogP contribution in [-0.4, -0.2) is 16.6 Å². The monoisotopic (exact) mass is 357 g/mol. The average molecular weight is 357 g/mol. The third-order valence-electron chi connectivity index (χ3n) is 5.42. The molecule has 0 amide bonds. The summed E-state index contributed by atoms with van der Waals surface area (Å²) in [4.78, 5) is 11.9. The number of nitrogens with zero attached hydrogens (tertiary/aromatic N) is 3. The minimum atomic E-state index is 0.765. The van der Waals surface area contributed by atoms with E-state index in [4.69, 9.17) is 14.7 Å². The molecule has 27 heavy (non-hydrogen) atoms. The second-order valence-corrected chi connectivity index (χ2v) is 7.39. The molecular weight excluding hydrogens is 334 g/mol. The van der Waals surface area contributed by atoms with Crippen molar-refractivity contribution >= 4 is 17.3 Å². The predicted molar refractivity (Wildman–Crippen MR) is 107 cm³/mol. The zero-order valence-electron chi connectivity index (χ0n) is 15.6. The highest BCUT2D eigenvalue weighted by Gasteiger charge is 2.27. The largest absolute Gasteiger partial charge is 0.491 e. The molecule has 2 aliphatic heterocycles. The molecule has 4 nitrogen and oxygen atoms in total. The first-order valence-electron chi connectivity index (χ1n) is 9.75. The van der Waals surface area contributed by atoms with E-state index in [1.165, 1.54) is 22.3 Å². The maximum absolute atomic E-state index is 6.14. The zero-order valence-corrected chi connectivity index (χ0v) is 15.6. The summed E-state index contributed by atoms with van der Waals surface area (Å²) in [5, 5.41) is 0. The Morgan fingerprint density at radius 1 is 0.889 bits per heavy atom. The summed E-state index contributed by atoms with van der Waals surface area (Å²) in [5.74, 6) is 2.93. The lowest BCUT2D eigenvalue weighted by atomic mass is 9.99. The van der Waals surface area contributed by atoms with Crippen LogP contribution < -0.4 is 9.64 Å². The number of fused-ring (bicyclic) bond motifs is 3. The smallest absolute Gasteiger partial charge is 0.146 e. The molecule has 136 valence electrons. The Balaban J connectivity index is 1.78. The number of anilines is 3. The lowest BCUT2D eigenvalue weighted by molar-refractivity contribution is 0.289. The van der Waals surface area contributed by atoms with E-state index in [2.05, 4.69) is 42.2 Å². The zero-order chi connectivity index (χ0) is 18.2. The highest BCUT2D eigenvalue weighted by atomic mass is 16.5. The molecule has 2 aromatic heterocycles. The Labute approximate surface area is 159 Å². The van der Waals surface area contributed by atoms with Crippen LogP contribution in [0.4, 0.5) is 17.3 Å². The molecule has 0 bridgehead atoms. The molecule has 2 aliphatic rings. The van der Waals surface area contributed by atoms with Gasteiger partial charge in [0.05, 0.1) is 12.3 Å². The maximum Gasteiger partial charge on any atom is 0.146 e. The molecule has 1 aromatic carbocycles. The highest BCUT2D eigenvalue weighted by Crippen LogP contribution is 2.45. The van der Waals surface area contributed by atoms with E-state index in [0.29, 0.717) is 0 Å². The van der Waals surface area contributed by atoms with Crippen LogP contribution in [0.5, 0.6) is 5.75 Å². The maximum atomic E-state index is 6.14. The second kappa shape index (κ2) is 6.69. The topological polar surface area (TPSA) is 38.2 Å². The van der Waals surface area contributed by atoms with Crippen molar-refractivity contribution in [1.29, 1.82) is 0 Å². The van der Waals surface area contributed by atoms with Crippen LogP contribution in [0.25, 0.3) is 0 Å². The number of pyridine rings is 2. The van der Waals surface area contributed by atoms with Crippen molar-refractivity contribution in [1.82, 2.24) is 9.97 Å². The first kappa shape index (κ1) is 16.3. The van der Waals surface area contributed by atoms with Gasteiger partial charge in [-0.25, -0.2) is 9.97 Å². The Morgan fingerprint density at radius 2 is 1.70 bits per heavy atom. The molecule has 0 fully saturated rings. The van der Waals surface area contributed by atoms with E-state index in [9.17, 15) is 0 Å². The number of hydrogen-bond donors (Lipinski definition) is 0. The first-order valence-corrected chi connectivity index (χ1v) is 9.75. The summed E-state index contributed by atoms with van der Waals surface area (Å²) >= 11 is 0. The molecular formula is C23H23N3O. The minimum Gasteiger partial charge on any atom is -0.491 e. The van der Waals surface area contributed by atoms with Crippen molar-refractivity contribution in [3.8, 4) is 5.75 Å². The van der Waals surface area contributed by atoms with E-state index in [-0.39, 0.29) is 0 Å². The average Bonchev–Trinajstić information content (AvgIpc) is 2.69. The van der Waals surface area contributed by atoms with E-state index < -0.39 is 0 Å². The fourth-order valence-corrected chi connectivity index (χ4v) is 4.18. The van der Waals surface area contributed by atoms with Gasteiger partial charge in [0.1, 0.15) is 17.4 Å². The Kier molecular flexibility index (Phi) is 4.04. The van der Waals surface area contributed by atoms with Gasteiger partial charge in [0.2, 0.25) is 0 Å². The number of benzene rings is 1. The summed E-state index contributed by atoms with van der Waals surface area (Å²) < 4.78 is 6.14. The van der Waals surface area contributed by atoms with Gasteiger partial charge in [-0.15, -0.1) is 0 Å². The standard InChI is InChI=1S/C23H23N3O/c1-16-14-19-8-2-7-18-9-4-12-24-22(18)26(23(19)25-15-16)20-11-3-6-17-10-5-13-27-21(17)20/h3-4,6,9,11-12,14-15H,2,5,7-8,10,13H2,1H3. The molecule has 0 spiro atoms. The van der Waals surface area contributed by atoms with E-state index in [1.54, 1.807) is 0 Å². The van der Waals surface area contributed by atoms with Crippen molar-refractivity contribution < 1.29 is 4.74 Å². The third-order valence-corrected chi connectivity index (χ3v) is 5.42. The number of ether oxygens (including phenoxy) is 1. The van der Waals surface area contributed by atoms with E-state index >= 15 is 0 Å². The van der Waals surface area contributed by atoms with Gasteiger partial charge < -0.3 is 4.74 Å². The predicted octanol–water partition coefficient (Wildman–Crippen LogP) is 5.07. The number of para-hydroxylation sites is 1. The number of aryl methyl sites for hydroxylation is 4. The van der Waals surface area contributed by atoms with Gasteiger partial charge in [-0.3, -0.25) is 4.90 Å². The minimum absolute atomic E-state index is 0.765. The number of rotatable bonds is 1. The van der Waals surface area contributed by atoms with Gasteiger partial charge in [-0.05, 0) is 73.4 Å². The second-order valence-electron chi connectivity index (χ2n) is 7.39. The molecule has 0 unspecified atom stereocenters. The molecule has 0 N–H and O–H groups in total. The van der Waals surface area contributed by atoms with Gasteiger partial charge in [0.25, 0.3) is 0 Å². The van der Waals surface area contributed by atoms with E-state index in [0.717, 1.165) is 61.8 Å². The van der Waals surface area contributed by atoms with Crippen LogP contribution in [0.2, 0.25) is 0 Å². The summed E-state index contributed by atoms with van der Waals surface area (Å²) in [6.45, 7) is 2.87. The van der Waals surface area contributed by atoms with Gasteiger partial charge in [-0.2, -0.15) is 0 Å². The van der Waals surface area contributed by atoms with Crippen molar-refractivity contribution in [2.45, 2.75) is 39.0 Å². The molecule has 4 heterocycles. The summed E-state index contributed by atoms with van der Waals surface area (Å²) in [5.41, 5.74) is 6.05. The third kappa shape index (κ3) is 2.85. The molecule has 3 aromatic rings. The molecule has 0 aliphatic carbocycles. The summed E-state index contributed by atoms with van der Waals surface area (Å²) in [7, 11) is 0. The van der Waals surface area contributed by atoms with Gasteiger partial charge in [0, 0.05) is 12.4 Å². The molecule has 0 radical (unpaired) electrons. The van der Waals surface area contributed by atoms with Gasteiger partial charge in [-0.1, -0.05) is 24.3 Å². The Hall–Kier alpha value is -2.88. The molecule has 0 atom stereocenters. The van der Waals surface area contributed by atoms with Crippen molar-refractivity contribution in [2.24, 2.45) is 0 Å². The fraction of sp³-hybridized carbons (Fsp3) is 0.304. The molecule has 0 saturated carbocycles. The van der Waals surface area contributed by atoms with Crippen LogP contribution in [0.3, 0.4) is 0 Å². The summed E-state index contributed by atoms with van der Waals surface area (Å²) in [6, 6.07) is 12.9. The van der Waals surface area contributed by atoms with Gasteiger partial charge >= 0.3 is 0 Å². The number of aromatic nitrogens is 2. The molecule has 0 saturated heterocycles. The van der Waals surface area contributed by atoms with Crippen LogP contribution in [0, 0.1) is 6.92 Å². The van der Waals surface area contributed by atoms with Crippen molar-refractivity contribution in [3.05, 3.63) is 71.0 Å². The SMILES string of the molecule is Cc1cnc2c(c1)CCCc1cccnc1N2c1cccc2c1OCCC2. The van der Waals surface area contributed by atoms with Crippen molar-refractivity contribution in [2.75, 3.05) is 11.5 Å². The van der Waals surface area contributed by atoms with Crippen LogP contribution in [-0.2, 0) is 19.3 Å². The fourth-order valence-electron chi connectivity index (χ4n) is 4.18. The van der Waals surface area contributed by atoms with Gasteiger partial charge in [0.15, 0.2) is 0 Å². The van der Waals surface area contributed by atoms with Crippen LogP contribution >= 0.6 is 0 Å². The highest BCUT2D eigenvalue weighted by molar-refractivity contribution is 5.81. The lowest BCUT2D eigenvalue weighted by Crippen LogP contribution is -2.21. The van der Waals surface area contributed by atoms with Crippen molar-refractivity contribution in [3.63, 3.8) is 0 Å². The number of hydrogen-bond acceptors (Lipinski definition) is 4.